The second-order valence-electron chi connectivity index (χ2n) is 3.96. The van der Waals surface area contributed by atoms with Crippen LogP contribution in [-0.2, 0) is 6.54 Å². The van der Waals surface area contributed by atoms with E-state index >= 15 is 0 Å². The number of anilines is 2. The quantitative estimate of drug-likeness (QED) is 0.775. The SMILES string of the molecule is Cc1cc(N)c(NCc2ccco2)cc1C. The molecule has 0 aliphatic heterocycles. The average Bonchev–Trinajstić information content (AvgIpc) is 2.74. The van der Waals surface area contributed by atoms with Gasteiger partial charge in [0.1, 0.15) is 5.76 Å². The van der Waals surface area contributed by atoms with Crippen LogP contribution in [0.2, 0.25) is 0 Å². The van der Waals surface area contributed by atoms with Crippen molar-refractivity contribution in [3.8, 4) is 0 Å². The predicted molar refractivity (Wildman–Crippen MR) is 66.4 cm³/mol. The van der Waals surface area contributed by atoms with Crippen LogP contribution < -0.4 is 11.1 Å². The van der Waals surface area contributed by atoms with Gasteiger partial charge in [0.15, 0.2) is 0 Å². The highest BCUT2D eigenvalue weighted by molar-refractivity contribution is 5.68. The second kappa shape index (κ2) is 4.31. The summed E-state index contributed by atoms with van der Waals surface area (Å²) in [6.45, 7) is 4.79. The molecule has 0 amide bonds. The number of benzene rings is 1. The maximum atomic E-state index is 5.94. The molecule has 0 radical (unpaired) electrons. The Balaban J connectivity index is 2.12. The highest BCUT2D eigenvalue weighted by Gasteiger charge is 2.03. The summed E-state index contributed by atoms with van der Waals surface area (Å²) in [6.07, 6.45) is 1.67. The summed E-state index contributed by atoms with van der Waals surface area (Å²) >= 11 is 0. The molecular formula is C13H16N2O. The van der Waals surface area contributed by atoms with Crippen molar-refractivity contribution in [2.75, 3.05) is 11.1 Å². The van der Waals surface area contributed by atoms with Gasteiger partial charge >= 0.3 is 0 Å². The van der Waals surface area contributed by atoms with Gasteiger partial charge in [0.05, 0.1) is 24.2 Å². The molecule has 1 aromatic carbocycles. The fraction of sp³-hybridized carbons (Fsp3) is 0.231. The molecule has 0 unspecified atom stereocenters. The van der Waals surface area contributed by atoms with E-state index in [0.717, 1.165) is 17.1 Å². The second-order valence-corrected chi connectivity index (χ2v) is 3.96. The molecule has 0 bridgehead atoms. The standard InChI is InChI=1S/C13H16N2O/c1-9-6-12(14)13(7-10(9)2)15-8-11-4-3-5-16-11/h3-7,15H,8,14H2,1-2H3. The largest absolute Gasteiger partial charge is 0.467 e. The molecule has 84 valence electrons. The van der Waals surface area contributed by atoms with Crippen LogP contribution in [0.15, 0.2) is 34.9 Å². The van der Waals surface area contributed by atoms with E-state index in [1.807, 2.05) is 18.2 Å². The Bertz CT molecular complexity index is 475. The zero-order valence-electron chi connectivity index (χ0n) is 9.58. The van der Waals surface area contributed by atoms with Crippen LogP contribution in [0.4, 0.5) is 11.4 Å². The Morgan fingerprint density at radius 2 is 2.00 bits per heavy atom. The number of hydrogen-bond acceptors (Lipinski definition) is 3. The van der Waals surface area contributed by atoms with Crippen molar-refractivity contribution in [1.82, 2.24) is 0 Å². The Hall–Kier alpha value is -1.90. The first-order chi connectivity index (χ1) is 7.66. The first-order valence-electron chi connectivity index (χ1n) is 5.30. The number of hydrogen-bond donors (Lipinski definition) is 2. The molecule has 3 N–H and O–H groups in total. The molecule has 0 aliphatic carbocycles. The highest BCUT2D eigenvalue weighted by atomic mass is 16.3. The fourth-order valence-electron chi connectivity index (χ4n) is 1.59. The van der Waals surface area contributed by atoms with E-state index in [4.69, 9.17) is 10.2 Å². The van der Waals surface area contributed by atoms with Gasteiger partial charge in [-0.25, -0.2) is 0 Å². The molecular weight excluding hydrogens is 200 g/mol. The summed E-state index contributed by atoms with van der Waals surface area (Å²) in [5.74, 6) is 0.901. The van der Waals surface area contributed by atoms with E-state index in [-0.39, 0.29) is 0 Å². The lowest BCUT2D eigenvalue weighted by Crippen LogP contribution is -2.02. The third kappa shape index (κ3) is 2.19. The van der Waals surface area contributed by atoms with Gasteiger partial charge < -0.3 is 15.5 Å². The molecule has 0 spiro atoms. The van der Waals surface area contributed by atoms with Crippen LogP contribution in [0.25, 0.3) is 0 Å². The normalized spacial score (nSPS) is 10.4. The molecule has 1 heterocycles. The zero-order chi connectivity index (χ0) is 11.5. The summed E-state index contributed by atoms with van der Waals surface area (Å²) < 4.78 is 5.25. The Labute approximate surface area is 95.3 Å². The van der Waals surface area contributed by atoms with Gasteiger partial charge in [-0.3, -0.25) is 0 Å². The number of aryl methyl sites for hydroxylation is 2. The van der Waals surface area contributed by atoms with E-state index in [0.29, 0.717) is 6.54 Å². The molecule has 3 heteroatoms. The smallest absolute Gasteiger partial charge is 0.122 e. The Kier molecular flexibility index (Phi) is 2.86. The Morgan fingerprint density at radius 1 is 1.25 bits per heavy atom. The fourth-order valence-corrected chi connectivity index (χ4v) is 1.59. The van der Waals surface area contributed by atoms with E-state index in [9.17, 15) is 0 Å². The topological polar surface area (TPSA) is 51.2 Å². The first-order valence-corrected chi connectivity index (χ1v) is 5.30. The minimum Gasteiger partial charge on any atom is -0.467 e. The van der Waals surface area contributed by atoms with Gasteiger partial charge in [0.25, 0.3) is 0 Å². The monoisotopic (exact) mass is 216 g/mol. The average molecular weight is 216 g/mol. The van der Waals surface area contributed by atoms with Crippen molar-refractivity contribution in [2.24, 2.45) is 0 Å². The number of nitrogens with one attached hydrogen (secondary N) is 1. The summed E-state index contributed by atoms with van der Waals surface area (Å²) in [4.78, 5) is 0. The third-order valence-corrected chi connectivity index (χ3v) is 2.70. The number of nitrogen functional groups attached to an aromatic ring is 1. The van der Waals surface area contributed by atoms with Gasteiger partial charge in [-0.2, -0.15) is 0 Å². The van der Waals surface area contributed by atoms with Crippen LogP contribution in [0.5, 0.6) is 0 Å². The van der Waals surface area contributed by atoms with Gasteiger partial charge in [-0.05, 0) is 49.2 Å². The number of nitrogens with two attached hydrogens (primary N) is 1. The molecule has 0 aliphatic rings. The maximum absolute atomic E-state index is 5.94. The van der Waals surface area contributed by atoms with Crippen LogP contribution in [0.1, 0.15) is 16.9 Å². The van der Waals surface area contributed by atoms with Crippen molar-refractivity contribution in [3.63, 3.8) is 0 Å². The van der Waals surface area contributed by atoms with Crippen molar-refractivity contribution < 1.29 is 4.42 Å². The molecule has 2 aromatic rings. The van der Waals surface area contributed by atoms with Gasteiger partial charge in [0, 0.05) is 0 Å². The number of furan rings is 1. The zero-order valence-corrected chi connectivity index (χ0v) is 9.58. The van der Waals surface area contributed by atoms with Crippen molar-refractivity contribution in [2.45, 2.75) is 20.4 Å². The van der Waals surface area contributed by atoms with Crippen LogP contribution in [-0.4, -0.2) is 0 Å². The van der Waals surface area contributed by atoms with Crippen molar-refractivity contribution in [1.29, 1.82) is 0 Å². The van der Waals surface area contributed by atoms with Crippen LogP contribution >= 0.6 is 0 Å². The lowest BCUT2D eigenvalue weighted by molar-refractivity contribution is 0.518. The lowest BCUT2D eigenvalue weighted by Gasteiger charge is -2.10. The van der Waals surface area contributed by atoms with Crippen LogP contribution in [0.3, 0.4) is 0 Å². The minimum absolute atomic E-state index is 0.652. The molecule has 3 nitrogen and oxygen atoms in total. The summed E-state index contributed by atoms with van der Waals surface area (Å²) in [5.41, 5.74) is 10.1. The van der Waals surface area contributed by atoms with Crippen molar-refractivity contribution >= 4 is 11.4 Å². The van der Waals surface area contributed by atoms with Gasteiger partial charge in [-0.1, -0.05) is 0 Å². The van der Waals surface area contributed by atoms with E-state index < -0.39 is 0 Å². The summed E-state index contributed by atoms with van der Waals surface area (Å²) in [6, 6.07) is 7.86. The van der Waals surface area contributed by atoms with Gasteiger partial charge in [-0.15, -0.1) is 0 Å². The third-order valence-electron chi connectivity index (χ3n) is 2.70. The van der Waals surface area contributed by atoms with E-state index in [1.54, 1.807) is 6.26 Å². The van der Waals surface area contributed by atoms with Gasteiger partial charge in [0.2, 0.25) is 0 Å². The number of rotatable bonds is 3. The highest BCUT2D eigenvalue weighted by Crippen LogP contribution is 2.23. The summed E-state index contributed by atoms with van der Waals surface area (Å²) in [5, 5.41) is 3.26. The molecule has 0 saturated carbocycles. The predicted octanol–water partition coefficient (Wildman–Crippen LogP) is 3.09. The van der Waals surface area contributed by atoms with E-state index in [2.05, 4.69) is 25.2 Å². The van der Waals surface area contributed by atoms with Crippen LogP contribution in [0, 0.1) is 13.8 Å². The van der Waals surface area contributed by atoms with Crippen molar-refractivity contribution in [3.05, 3.63) is 47.4 Å². The molecule has 2 rings (SSSR count). The first kappa shape index (κ1) is 10.6. The lowest BCUT2D eigenvalue weighted by atomic mass is 10.1. The molecule has 16 heavy (non-hydrogen) atoms. The minimum atomic E-state index is 0.652. The molecule has 0 fully saturated rings. The van der Waals surface area contributed by atoms with E-state index in [1.165, 1.54) is 11.1 Å². The molecule has 0 saturated heterocycles. The summed E-state index contributed by atoms with van der Waals surface area (Å²) in [7, 11) is 0. The molecule has 0 atom stereocenters. The molecule has 1 aromatic heterocycles. The Morgan fingerprint density at radius 3 is 2.69 bits per heavy atom. The maximum Gasteiger partial charge on any atom is 0.122 e.